The fourth-order valence-corrected chi connectivity index (χ4v) is 2.56. The summed E-state index contributed by atoms with van der Waals surface area (Å²) in [6.45, 7) is 1.87. The molecule has 0 aromatic heterocycles. The number of halogens is 2. The van der Waals surface area contributed by atoms with E-state index in [9.17, 15) is 4.79 Å². The molecule has 4 heteroatoms. The van der Waals surface area contributed by atoms with Crippen LogP contribution in [0.1, 0.15) is 29.3 Å². The first-order chi connectivity index (χ1) is 10.1. The van der Waals surface area contributed by atoms with Gasteiger partial charge in [0.05, 0.1) is 21.7 Å². The summed E-state index contributed by atoms with van der Waals surface area (Å²) in [7, 11) is 0. The highest BCUT2D eigenvalue weighted by atomic mass is 35.5. The minimum Gasteiger partial charge on any atom is -0.459 e. The van der Waals surface area contributed by atoms with Crippen LogP contribution in [-0.4, -0.2) is 12.1 Å². The molecule has 0 aliphatic carbocycles. The number of rotatable bonds is 5. The van der Waals surface area contributed by atoms with Gasteiger partial charge in [0.25, 0.3) is 0 Å². The lowest BCUT2D eigenvalue weighted by Crippen LogP contribution is -2.16. The molecule has 0 radical (unpaired) electrons. The molecule has 0 N–H and O–H groups in total. The Morgan fingerprint density at radius 2 is 1.67 bits per heavy atom. The van der Waals surface area contributed by atoms with E-state index in [1.165, 1.54) is 5.56 Å². The van der Waals surface area contributed by atoms with E-state index >= 15 is 0 Å². The monoisotopic (exact) mass is 322 g/mol. The third-order valence-corrected chi connectivity index (χ3v) is 3.79. The Kier molecular flexibility index (Phi) is 5.66. The predicted molar refractivity (Wildman–Crippen MR) is 86.1 cm³/mol. The van der Waals surface area contributed by atoms with Gasteiger partial charge < -0.3 is 4.74 Å². The van der Waals surface area contributed by atoms with Crippen LogP contribution in [0.5, 0.6) is 0 Å². The Balaban J connectivity index is 1.93. The lowest BCUT2D eigenvalue weighted by Gasteiger charge is -2.14. The van der Waals surface area contributed by atoms with Gasteiger partial charge in [-0.15, -0.1) is 0 Å². The molecule has 0 saturated heterocycles. The summed E-state index contributed by atoms with van der Waals surface area (Å²) in [4.78, 5) is 12.1. The number of benzene rings is 2. The first-order valence-electron chi connectivity index (χ1n) is 6.77. The van der Waals surface area contributed by atoms with Crippen molar-refractivity contribution in [3.8, 4) is 0 Å². The lowest BCUT2D eigenvalue weighted by atomic mass is 10.1. The van der Waals surface area contributed by atoms with Crippen molar-refractivity contribution < 1.29 is 9.53 Å². The molecule has 0 bridgehead atoms. The van der Waals surface area contributed by atoms with Crippen LogP contribution in [0.25, 0.3) is 0 Å². The molecule has 0 aliphatic rings. The van der Waals surface area contributed by atoms with Gasteiger partial charge in [-0.1, -0.05) is 59.6 Å². The highest BCUT2D eigenvalue weighted by Crippen LogP contribution is 2.25. The smallest absolute Gasteiger partial charge is 0.341 e. The molecule has 0 saturated carbocycles. The molecule has 110 valence electrons. The molecule has 2 aromatic rings. The number of ether oxygens (including phenoxy) is 1. The minimum absolute atomic E-state index is 0.204. The summed E-state index contributed by atoms with van der Waals surface area (Å²) in [5.41, 5.74) is 1.45. The summed E-state index contributed by atoms with van der Waals surface area (Å²) in [5.74, 6) is -0.480. The highest BCUT2D eigenvalue weighted by molar-refractivity contribution is 6.39. The normalized spacial score (nSPS) is 12.0. The highest BCUT2D eigenvalue weighted by Gasteiger charge is 2.18. The van der Waals surface area contributed by atoms with Crippen LogP contribution in [0.3, 0.4) is 0 Å². The predicted octanol–water partition coefficient (Wildman–Crippen LogP) is 5.17. The molecule has 0 amide bonds. The second-order valence-corrected chi connectivity index (χ2v) is 5.65. The lowest BCUT2D eigenvalue weighted by molar-refractivity contribution is 0.0326. The number of esters is 1. The van der Waals surface area contributed by atoms with Crippen LogP contribution in [0.15, 0.2) is 48.5 Å². The van der Waals surface area contributed by atoms with Crippen LogP contribution in [0.4, 0.5) is 0 Å². The van der Waals surface area contributed by atoms with E-state index in [0.717, 1.165) is 12.8 Å². The summed E-state index contributed by atoms with van der Waals surface area (Å²) < 4.78 is 5.41. The molecular weight excluding hydrogens is 307 g/mol. The zero-order valence-corrected chi connectivity index (χ0v) is 13.2. The number of carbonyl (C=O) groups excluding carboxylic acids is 1. The van der Waals surface area contributed by atoms with Crippen molar-refractivity contribution in [3.05, 3.63) is 69.7 Å². The number of hydrogen-bond donors (Lipinski definition) is 0. The van der Waals surface area contributed by atoms with Crippen molar-refractivity contribution in [2.75, 3.05) is 0 Å². The first-order valence-corrected chi connectivity index (χ1v) is 7.52. The van der Waals surface area contributed by atoms with Gasteiger partial charge in [0.2, 0.25) is 0 Å². The Hall–Kier alpha value is -1.51. The zero-order chi connectivity index (χ0) is 15.2. The van der Waals surface area contributed by atoms with Gasteiger partial charge in [-0.25, -0.2) is 4.79 Å². The van der Waals surface area contributed by atoms with E-state index in [2.05, 4.69) is 12.1 Å². The first kappa shape index (κ1) is 15.9. The maximum absolute atomic E-state index is 12.1. The second kappa shape index (κ2) is 7.48. The Morgan fingerprint density at radius 1 is 1.05 bits per heavy atom. The van der Waals surface area contributed by atoms with Crippen molar-refractivity contribution in [3.63, 3.8) is 0 Å². The van der Waals surface area contributed by atoms with Gasteiger partial charge in [-0.05, 0) is 37.5 Å². The Labute approximate surface area is 134 Å². The quantitative estimate of drug-likeness (QED) is 0.710. The van der Waals surface area contributed by atoms with Gasteiger partial charge in [0.1, 0.15) is 0 Å². The maximum Gasteiger partial charge on any atom is 0.341 e. The zero-order valence-electron chi connectivity index (χ0n) is 11.7. The molecule has 2 nitrogen and oxygen atoms in total. The SMILES string of the molecule is C[C@H](CCc1ccccc1)OC(=O)c1c(Cl)cccc1Cl. The molecule has 2 rings (SSSR count). The Morgan fingerprint density at radius 3 is 2.29 bits per heavy atom. The number of carbonyl (C=O) groups is 1. The molecule has 0 aliphatic heterocycles. The molecule has 0 unspecified atom stereocenters. The fourth-order valence-electron chi connectivity index (χ4n) is 2.01. The second-order valence-electron chi connectivity index (χ2n) is 4.84. The van der Waals surface area contributed by atoms with E-state index < -0.39 is 5.97 Å². The Bertz CT molecular complexity index is 591. The van der Waals surface area contributed by atoms with Crippen molar-refractivity contribution in [1.82, 2.24) is 0 Å². The minimum atomic E-state index is -0.480. The van der Waals surface area contributed by atoms with E-state index in [4.69, 9.17) is 27.9 Å². The molecule has 0 heterocycles. The molecule has 0 spiro atoms. The molecule has 2 aromatic carbocycles. The largest absolute Gasteiger partial charge is 0.459 e. The summed E-state index contributed by atoms with van der Waals surface area (Å²) in [6.07, 6.45) is 1.40. The van der Waals surface area contributed by atoms with Crippen LogP contribution in [-0.2, 0) is 11.2 Å². The van der Waals surface area contributed by atoms with E-state index in [-0.39, 0.29) is 11.7 Å². The van der Waals surface area contributed by atoms with Crippen LogP contribution < -0.4 is 0 Å². The maximum atomic E-state index is 12.1. The van der Waals surface area contributed by atoms with Gasteiger partial charge in [0.15, 0.2) is 0 Å². The molecule has 21 heavy (non-hydrogen) atoms. The van der Waals surface area contributed by atoms with Crippen LogP contribution >= 0.6 is 23.2 Å². The average molecular weight is 323 g/mol. The van der Waals surface area contributed by atoms with Gasteiger partial charge >= 0.3 is 5.97 Å². The fraction of sp³-hybridized carbons (Fsp3) is 0.235. The summed E-state index contributed by atoms with van der Waals surface area (Å²) in [6, 6.07) is 15.0. The number of hydrogen-bond acceptors (Lipinski definition) is 2. The third kappa shape index (κ3) is 4.48. The summed E-state index contributed by atoms with van der Waals surface area (Å²) >= 11 is 12.0. The van der Waals surface area contributed by atoms with Crippen molar-refractivity contribution in [2.45, 2.75) is 25.9 Å². The topological polar surface area (TPSA) is 26.3 Å². The van der Waals surface area contributed by atoms with Crippen LogP contribution in [0.2, 0.25) is 10.0 Å². The van der Waals surface area contributed by atoms with Crippen molar-refractivity contribution in [1.29, 1.82) is 0 Å². The van der Waals surface area contributed by atoms with E-state index in [1.807, 2.05) is 25.1 Å². The van der Waals surface area contributed by atoms with Crippen molar-refractivity contribution in [2.24, 2.45) is 0 Å². The molecular formula is C17H16Cl2O2. The van der Waals surface area contributed by atoms with Gasteiger partial charge in [-0.3, -0.25) is 0 Å². The molecule has 1 atom stereocenters. The van der Waals surface area contributed by atoms with Crippen LogP contribution in [0, 0.1) is 0 Å². The third-order valence-electron chi connectivity index (χ3n) is 3.16. The van der Waals surface area contributed by atoms with Crippen molar-refractivity contribution >= 4 is 29.2 Å². The molecule has 0 fully saturated rings. The van der Waals surface area contributed by atoms with E-state index in [1.54, 1.807) is 18.2 Å². The van der Waals surface area contributed by atoms with Gasteiger partial charge in [-0.2, -0.15) is 0 Å². The number of aryl methyl sites for hydroxylation is 1. The van der Waals surface area contributed by atoms with E-state index in [0.29, 0.717) is 10.0 Å². The summed E-state index contributed by atoms with van der Waals surface area (Å²) in [5, 5.41) is 0.616. The standard InChI is InChI=1S/C17H16Cl2O2/c1-12(10-11-13-6-3-2-4-7-13)21-17(20)16-14(18)8-5-9-15(16)19/h2-9,12H,10-11H2,1H3/t12-/m1/s1. The average Bonchev–Trinajstić information content (AvgIpc) is 2.46. The van der Waals surface area contributed by atoms with Gasteiger partial charge in [0, 0.05) is 0 Å².